The van der Waals surface area contributed by atoms with Gasteiger partial charge in [-0.05, 0) is 82.6 Å². The van der Waals surface area contributed by atoms with Crippen molar-refractivity contribution >= 4 is 39.1 Å². The van der Waals surface area contributed by atoms with Crippen LogP contribution in [-0.2, 0) is 0 Å². The molecule has 0 radical (unpaired) electrons. The van der Waals surface area contributed by atoms with Crippen molar-refractivity contribution in [2.45, 2.75) is 19.9 Å². The van der Waals surface area contributed by atoms with Crippen LogP contribution in [0.3, 0.4) is 0 Å². The lowest BCUT2D eigenvalue weighted by atomic mass is 10.0. The largest absolute Gasteiger partial charge is 0.378 e. The second-order valence-corrected chi connectivity index (χ2v) is 6.68. The van der Waals surface area contributed by atoms with E-state index in [4.69, 9.17) is 0 Å². The zero-order chi connectivity index (χ0) is 14.8. The molecule has 0 saturated carbocycles. The summed E-state index contributed by atoms with van der Waals surface area (Å²) in [6.07, 6.45) is 0. The Balaban J connectivity index is 1.87. The van der Waals surface area contributed by atoms with Gasteiger partial charge >= 0.3 is 0 Å². The van der Waals surface area contributed by atoms with Crippen LogP contribution in [0.5, 0.6) is 0 Å². The Hall–Kier alpha value is -1.55. The summed E-state index contributed by atoms with van der Waals surface area (Å²) in [5.41, 5.74) is 3.80. The average Bonchev–Trinajstić information content (AvgIpc) is 2.49. The summed E-state index contributed by atoms with van der Waals surface area (Å²) in [5, 5.41) is 6.20. The molecule has 0 saturated heterocycles. The highest BCUT2D eigenvalue weighted by Crippen LogP contribution is 2.25. The van der Waals surface area contributed by atoms with E-state index in [9.17, 15) is 0 Å². The number of benzene rings is 3. The number of fused-ring (bicyclic) bond motifs is 1. The van der Waals surface area contributed by atoms with Crippen LogP contribution in [0.2, 0.25) is 0 Å². The Morgan fingerprint density at radius 1 is 0.905 bits per heavy atom. The van der Waals surface area contributed by atoms with Gasteiger partial charge in [-0.25, -0.2) is 0 Å². The molecule has 21 heavy (non-hydrogen) atoms. The van der Waals surface area contributed by atoms with Crippen molar-refractivity contribution in [2.75, 3.05) is 5.32 Å². The predicted octanol–water partition coefficient (Wildman–Crippen LogP) is 5.93. The molecule has 3 aromatic rings. The molecular formula is C19H18IN. The fourth-order valence-corrected chi connectivity index (χ4v) is 3.23. The fourth-order valence-electron chi connectivity index (χ4n) is 2.58. The van der Waals surface area contributed by atoms with Gasteiger partial charge in [0.05, 0.1) is 0 Å². The van der Waals surface area contributed by atoms with Gasteiger partial charge in [-0.1, -0.05) is 36.4 Å². The average molecular weight is 387 g/mol. The molecule has 1 atom stereocenters. The number of halogens is 1. The molecule has 1 N–H and O–H groups in total. The number of anilines is 1. The van der Waals surface area contributed by atoms with E-state index < -0.39 is 0 Å². The number of aryl methyl sites for hydroxylation is 1. The van der Waals surface area contributed by atoms with E-state index in [1.165, 1.54) is 31.2 Å². The van der Waals surface area contributed by atoms with Gasteiger partial charge in [0.2, 0.25) is 0 Å². The van der Waals surface area contributed by atoms with Gasteiger partial charge in [0.15, 0.2) is 0 Å². The first-order chi connectivity index (χ1) is 10.1. The Bertz CT molecular complexity index is 779. The number of hydrogen-bond acceptors (Lipinski definition) is 1. The molecule has 0 amide bonds. The van der Waals surface area contributed by atoms with E-state index in [1.807, 2.05) is 0 Å². The highest BCUT2D eigenvalue weighted by Gasteiger charge is 2.08. The summed E-state index contributed by atoms with van der Waals surface area (Å²) >= 11 is 2.35. The van der Waals surface area contributed by atoms with Gasteiger partial charge in [-0.2, -0.15) is 0 Å². The highest BCUT2D eigenvalue weighted by molar-refractivity contribution is 14.1. The van der Waals surface area contributed by atoms with Crippen molar-refractivity contribution in [3.63, 3.8) is 0 Å². The van der Waals surface area contributed by atoms with E-state index in [-0.39, 0.29) is 6.04 Å². The predicted molar refractivity (Wildman–Crippen MR) is 99.9 cm³/mol. The third-order valence-corrected chi connectivity index (χ3v) is 4.50. The van der Waals surface area contributed by atoms with Crippen molar-refractivity contribution in [3.05, 3.63) is 75.4 Å². The standard InChI is InChI=1S/C19H18IN/c1-13-11-18(20)9-10-19(13)21-14(2)16-8-7-15-5-3-4-6-17(15)12-16/h3-12,14,21H,1-2H3. The molecule has 2 heteroatoms. The number of nitrogens with one attached hydrogen (secondary N) is 1. The van der Waals surface area contributed by atoms with Crippen LogP contribution in [0.4, 0.5) is 5.69 Å². The molecule has 0 fully saturated rings. The minimum absolute atomic E-state index is 0.286. The summed E-state index contributed by atoms with van der Waals surface area (Å²) in [5.74, 6) is 0. The molecule has 0 aliphatic carbocycles. The molecular weight excluding hydrogens is 369 g/mol. The lowest BCUT2D eigenvalue weighted by molar-refractivity contribution is 0.884. The van der Waals surface area contributed by atoms with Gasteiger partial charge in [0.1, 0.15) is 0 Å². The summed E-state index contributed by atoms with van der Waals surface area (Å²) in [4.78, 5) is 0. The first kappa shape index (κ1) is 14.4. The van der Waals surface area contributed by atoms with Gasteiger partial charge < -0.3 is 5.32 Å². The van der Waals surface area contributed by atoms with Crippen molar-refractivity contribution < 1.29 is 0 Å². The third-order valence-electron chi connectivity index (χ3n) is 3.83. The molecule has 0 heterocycles. The maximum absolute atomic E-state index is 3.62. The zero-order valence-corrected chi connectivity index (χ0v) is 14.4. The summed E-state index contributed by atoms with van der Waals surface area (Å²) in [6, 6.07) is 22.0. The van der Waals surface area contributed by atoms with Crippen LogP contribution in [0.25, 0.3) is 10.8 Å². The minimum atomic E-state index is 0.286. The van der Waals surface area contributed by atoms with Crippen molar-refractivity contribution in [1.29, 1.82) is 0 Å². The molecule has 0 spiro atoms. The normalized spacial score (nSPS) is 12.3. The molecule has 106 valence electrons. The second kappa shape index (κ2) is 6.06. The van der Waals surface area contributed by atoms with Crippen molar-refractivity contribution in [3.8, 4) is 0 Å². The number of hydrogen-bond donors (Lipinski definition) is 1. The zero-order valence-electron chi connectivity index (χ0n) is 12.2. The van der Waals surface area contributed by atoms with Crippen LogP contribution in [0.1, 0.15) is 24.1 Å². The fraction of sp³-hybridized carbons (Fsp3) is 0.158. The summed E-state index contributed by atoms with van der Waals surface area (Å²) in [6.45, 7) is 4.36. The van der Waals surface area contributed by atoms with Gasteiger partial charge in [0.25, 0.3) is 0 Å². The Morgan fingerprint density at radius 2 is 1.67 bits per heavy atom. The smallest absolute Gasteiger partial charge is 0.0485 e. The maximum Gasteiger partial charge on any atom is 0.0485 e. The van der Waals surface area contributed by atoms with E-state index in [1.54, 1.807) is 0 Å². The lowest BCUT2D eigenvalue weighted by Crippen LogP contribution is -2.07. The summed E-state index contributed by atoms with van der Waals surface area (Å²) in [7, 11) is 0. The quantitative estimate of drug-likeness (QED) is 0.550. The number of rotatable bonds is 3. The lowest BCUT2D eigenvalue weighted by Gasteiger charge is -2.18. The van der Waals surface area contributed by atoms with Crippen molar-refractivity contribution in [2.24, 2.45) is 0 Å². The second-order valence-electron chi connectivity index (χ2n) is 5.43. The first-order valence-corrected chi connectivity index (χ1v) is 8.23. The van der Waals surface area contributed by atoms with Gasteiger partial charge in [-0.15, -0.1) is 0 Å². The highest BCUT2D eigenvalue weighted by atomic mass is 127. The Kier molecular flexibility index (Phi) is 4.15. The van der Waals surface area contributed by atoms with Crippen LogP contribution in [-0.4, -0.2) is 0 Å². The minimum Gasteiger partial charge on any atom is -0.378 e. The molecule has 0 aliphatic heterocycles. The van der Waals surface area contributed by atoms with Crippen molar-refractivity contribution in [1.82, 2.24) is 0 Å². The van der Waals surface area contributed by atoms with Gasteiger partial charge in [0, 0.05) is 15.3 Å². The Labute approximate surface area is 139 Å². The van der Waals surface area contributed by atoms with E-state index in [0.717, 1.165) is 0 Å². The molecule has 0 bridgehead atoms. The van der Waals surface area contributed by atoms with Crippen LogP contribution >= 0.6 is 22.6 Å². The van der Waals surface area contributed by atoms with E-state index in [2.05, 4.69) is 102 Å². The van der Waals surface area contributed by atoms with E-state index >= 15 is 0 Å². The van der Waals surface area contributed by atoms with Gasteiger partial charge in [-0.3, -0.25) is 0 Å². The van der Waals surface area contributed by atoms with E-state index in [0.29, 0.717) is 0 Å². The maximum atomic E-state index is 3.62. The first-order valence-electron chi connectivity index (χ1n) is 7.15. The van der Waals surface area contributed by atoms with Crippen LogP contribution < -0.4 is 5.32 Å². The molecule has 1 nitrogen and oxygen atoms in total. The summed E-state index contributed by atoms with van der Waals surface area (Å²) < 4.78 is 1.27. The van der Waals surface area contributed by atoms with Crippen LogP contribution in [0.15, 0.2) is 60.7 Å². The SMILES string of the molecule is Cc1cc(I)ccc1NC(C)c1ccc2ccccc2c1. The Morgan fingerprint density at radius 3 is 2.43 bits per heavy atom. The molecule has 1 unspecified atom stereocenters. The third kappa shape index (κ3) is 3.21. The monoisotopic (exact) mass is 387 g/mol. The molecule has 3 rings (SSSR count). The van der Waals surface area contributed by atoms with Crippen LogP contribution in [0, 0.1) is 10.5 Å². The molecule has 0 aromatic heterocycles. The molecule has 0 aliphatic rings. The molecule has 3 aromatic carbocycles. The topological polar surface area (TPSA) is 12.0 Å².